The van der Waals surface area contributed by atoms with Gasteiger partial charge in [0.05, 0.1) is 0 Å². The maximum atomic E-state index is 5.94. The molecule has 2 nitrogen and oxygen atoms in total. The van der Waals surface area contributed by atoms with Gasteiger partial charge in [-0.3, -0.25) is 0 Å². The lowest BCUT2D eigenvalue weighted by Gasteiger charge is -2.35. The van der Waals surface area contributed by atoms with Gasteiger partial charge < -0.3 is 10.6 Å². The van der Waals surface area contributed by atoms with Gasteiger partial charge >= 0.3 is 0 Å². The van der Waals surface area contributed by atoms with Crippen LogP contribution in [0.4, 0.5) is 0 Å². The Hall–Kier alpha value is -0.0800. The third-order valence-electron chi connectivity index (χ3n) is 3.21. The topological polar surface area (TPSA) is 29.3 Å². The second-order valence-electron chi connectivity index (χ2n) is 5.68. The van der Waals surface area contributed by atoms with Crippen molar-refractivity contribution in [2.45, 2.75) is 65.0 Å². The first-order chi connectivity index (χ1) is 6.19. The van der Waals surface area contributed by atoms with Gasteiger partial charge in [-0.15, -0.1) is 0 Å². The molecule has 0 spiro atoms. The van der Waals surface area contributed by atoms with Gasteiger partial charge in [0.25, 0.3) is 0 Å². The zero-order chi connectivity index (χ0) is 11.4. The summed E-state index contributed by atoms with van der Waals surface area (Å²) in [6.45, 7) is 12.2. The number of nitrogens with zero attached hydrogens (tertiary/aromatic N) is 1. The SMILES string of the molecule is CCC(C)(C)N(C)CCCC(C)(C)N. The third kappa shape index (κ3) is 5.61. The largest absolute Gasteiger partial charge is 0.326 e. The molecule has 14 heavy (non-hydrogen) atoms. The summed E-state index contributed by atoms with van der Waals surface area (Å²) in [5, 5.41) is 0. The zero-order valence-electron chi connectivity index (χ0n) is 10.9. The second kappa shape index (κ2) is 5.13. The van der Waals surface area contributed by atoms with Crippen molar-refractivity contribution in [1.29, 1.82) is 0 Å². The van der Waals surface area contributed by atoms with Crippen LogP contribution in [-0.4, -0.2) is 29.6 Å². The van der Waals surface area contributed by atoms with Gasteiger partial charge in [0.1, 0.15) is 0 Å². The van der Waals surface area contributed by atoms with Crippen LogP contribution in [-0.2, 0) is 0 Å². The van der Waals surface area contributed by atoms with E-state index in [1.54, 1.807) is 0 Å². The second-order valence-corrected chi connectivity index (χ2v) is 5.68. The molecule has 0 aromatic rings. The molecule has 0 aliphatic carbocycles. The van der Waals surface area contributed by atoms with Crippen molar-refractivity contribution >= 4 is 0 Å². The van der Waals surface area contributed by atoms with E-state index in [9.17, 15) is 0 Å². The van der Waals surface area contributed by atoms with Crippen molar-refractivity contribution in [2.75, 3.05) is 13.6 Å². The predicted molar refractivity (Wildman–Crippen MR) is 64.5 cm³/mol. The van der Waals surface area contributed by atoms with E-state index < -0.39 is 0 Å². The van der Waals surface area contributed by atoms with Crippen molar-refractivity contribution in [3.8, 4) is 0 Å². The molecule has 2 heteroatoms. The Labute approximate surface area is 89.9 Å². The Morgan fingerprint density at radius 2 is 1.64 bits per heavy atom. The molecule has 0 radical (unpaired) electrons. The Morgan fingerprint density at radius 1 is 1.14 bits per heavy atom. The van der Waals surface area contributed by atoms with Gasteiger partial charge in [0.2, 0.25) is 0 Å². The molecule has 0 bridgehead atoms. The van der Waals surface area contributed by atoms with E-state index in [4.69, 9.17) is 5.73 Å². The molecule has 0 aliphatic heterocycles. The van der Waals surface area contributed by atoms with Crippen LogP contribution in [0.15, 0.2) is 0 Å². The van der Waals surface area contributed by atoms with E-state index in [0.29, 0.717) is 5.54 Å². The molecule has 0 aliphatic rings. The van der Waals surface area contributed by atoms with E-state index in [-0.39, 0.29) is 5.54 Å². The Balaban J connectivity index is 3.80. The Kier molecular flexibility index (Phi) is 5.10. The van der Waals surface area contributed by atoms with E-state index >= 15 is 0 Å². The molecular weight excluding hydrogens is 172 g/mol. The zero-order valence-corrected chi connectivity index (χ0v) is 10.9. The lowest BCUT2D eigenvalue weighted by atomic mass is 9.97. The van der Waals surface area contributed by atoms with Crippen LogP contribution in [0, 0.1) is 0 Å². The molecule has 0 amide bonds. The van der Waals surface area contributed by atoms with Crippen molar-refractivity contribution in [1.82, 2.24) is 4.90 Å². The average molecular weight is 200 g/mol. The van der Waals surface area contributed by atoms with Gasteiger partial charge in [-0.25, -0.2) is 0 Å². The quantitative estimate of drug-likeness (QED) is 0.714. The lowest BCUT2D eigenvalue weighted by molar-refractivity contribution is 0.145. The summed E-state index contributed by atoms with van der Waals surface area (Å²) in [6.07, 6.45) is 3.47. The lowest BCUT2D eigenvalue weighted by Crippen LogP contribution is -2.42. The number of nitrogens with two attached hydrogens (primary N) is 1. The fourth-order valence-electron chi connectivity index (χ4n) is 1.34. The van der Waals surface area contributed by atoms with Gasteiger partial charge in [0.15, 0.2) is 0 Å². The van der Waals surface area contributed by atoms with Crippen LogP contribution in [0.5, 0.6) is 0 Å². The minimum absolute atomic E-state index is 0.0167. The highest BCUT2D eigenvalue weighted by molar-refractivity contribution is 4.78. The van der Waals surface area contributed by atoms with Crippen LogP contribution in [0.2, 0.25) is 0 Å². The van der Waals surface area contributed by atoms with E-state index in [0.717, 1.165) is 13.0 Å². The molecule has 0 saturated carbocycles. The van der Waals surface area contributed by atoms with Gasteiger partial charge in [-0.05, 0) is 60.5 Å². The van der Waals surface area contributed by atoms with E-state index in [1.807, 2.05) is 0 Å². The average Bonchev–Trinajstić information content (AvgIpc) is 2.02. The number of rotatable bonds is 6. The van der Waals surface area contributed by atoms with Gasteiger partial charge in [-0.1, -0.05) is 6.92 Å². The molecule has 0 aromatic heterocycles. The highest BCUT2D eigenvalue weighted by atomic mass is 15.2. The Bertz CT molecular complexity index is 156. The van der Waals surface area contributed by atoms with Crippen molar-refractivity contribution in [3.05, 3.63) is 0 Å². The molecule has 0 unspecified atom stereocenters. The van der Waals surface area contributed by atoms with Crippen LogP contribution in [0.1, 0.15) is 53.9 Å². The van der Waals surface area contributed by atoms with Crippen molar-refractivity contribution in [3.63, 3.8) is 0 Å². The molecular formula is C12H28N2. The fourth-order valence-corrected chi connectivity index (χ4v) is 1.34. The summed E-state index contributed by atoms with van der Waals surface area (Å²) >= 11 is 0. The summed E-state index contributed by atoms with van der Waals surface area (Å²) in [5.41, 5.74) is 6.25. The minimum Gasteiger partial charge on any atom is -0.326 e. The van der Waals surface area contributed by atoms with Gasteiger partial charge in [-0.2, -0.15) is 0 Å². The molecule has 0 atom stereocenters. The summed E-state index contributed by atoms with van der Waals surface area (Å²) in [4.78, 5) is 2.43. The Morgan fingerprint density at radius 3 is 2.00 bits per heavy atom. The van der Waals surface area contributed by atoms with Crippen molar-refractivity contribution < 1.29 is 0 Å². The van der Waals surface area contributed by atoms with Crippen LogP contribution in [0.25, 0.3) is 0 Å². The molecule has 0 saturated heterocycles. The standard InChI is InChI=1S/C12H28N2/c1-7-12(4,5)14(6)10-8-9-11(2,3)13/h7-10,13H2,1-6H3. The molecule has 0 heterocycles. The first-order valence-corrected chi connectivity index (χ1v) is 5.69. The monoisotopic (exact) mass is 200 g/mol. The molecule has 0 fully saturated rings. The summed E-state index contributed by atoms with van der Waals surface area (Å²) in [7, 11) is 2.20. The molecule has 0 rings (SSSR count). The molecule has 2 N–H and O–H groups in total. The van der Waals surface area contributed by atoms with Gasteiger partial charge in [0, 0.05) is 11.1 Å². The predicted octanol–water partition coefficient (Wildman–Crippen LogP) is 2.62. The first kappa shape index (κ1) is 13.9. The molecule has 0 aromatic carbocycles. The normalized spacial score (nSPS) is 13.7. The van der Waals surface area contributed by atoms with Crippen LogP contribution < -0.4 is 5.73 Å². The van der Waals surface area contributed by atoms with Crippen molar-refractivity contribution in [2.24, 2.45) is 5.73 Å². The highest BCUT2D eigenvalue weighted by Crippen LogP contribution is 2.17. The third-order valence-corrected chi connectivity index (χ3v) is 3.21. The maximum absolute atomic E-state index is 5.94. The fraction of sp³-hybridized carbons (Fsp3) is 1.00. The summed E-state index contributed by atoms with van der Waals surface area (Å²) in [6, 6.07) is 0. The molecule has 86 valence electrons. The summed E-state index contributed by atoms with van der Waals surface area (Å²) < 4.78 is 0. The summed E-state index contributed by atoms with van der Waals surface area (Å²) in [5.74, 6) is 0. The van der Waals surface area contributed by atoms with Crippen LogP contribution >= 0.6 is 0 Å². The van der Waals surface area contributed by atoms with Crippen LogP contribution in [0.3, 0.4) is 0 Å². The highest BCUT2D eigenvalue weighted by Gasteiger charge is 2.21. The first-order valence-electron chi connectivity index (χ1n) is 5.69. The maximum Gasteiger partial charge on any atom is 0.0147 e. The number of hydrogen-bond acceptors (Lipinski definition) is 2. The smallest absolute Gasteiger partial charge is 0.0147 e. The minimum atomic E-state index is -0.0167. The van der Waals surface area contributed by atoms with E-state index in [2.05, 4.69) is 46.6 Å². The number of hydrogen-bond donors (Lipinski definition) is 1. The van der Waals surface area contributed by atoms with E-state index in [1.165, 1.54) is 12.8 Å².